The van der Waals surface area contributed by atoms with Gasteiger partial charge in [-0.15, -0.1) is 5.10 Å². The average molecular weight is 441 g/mol. The van der Waals surface area contributed by atoms with Crippen molar-refractivity contribution in [3.63, 3.8) is 0 Å². The number of aryl methyl sites for hydroxylation is 2. The van der Waals surface area contributed by atoms with Gasteiger partial charge in [0.15, 0.2) is 0 Å². The highest BCUT2D eigenvalue weighted by Crippen LogP contribution is 2.17. The van der Waals surface area contributed by atoms with Crippen molar-refractivity contribution in [3.8, 4) is 5.75 Å². The van der Waals surface area contributed by atoms with Gasteiger partial charge in [0.05, 0.1) is 23.6 Å². The van der Waals surface area contributed by atoms with E-state index in [-0.39, 0.29) is 0 Å². The number of unbranched alkanes of at least 4 members (excludes halogenated alkanes) is 1. The van der Waals surface area contributed by atoms with E-state index in [9.17, 15) is 0 Å². The predicted octanol–water partition coefficient (Wildman–Crippen LogP) is 4.91. The first-order chi connectivity index (χ1) is 16.3. The molecule has 8 nitrogen and oxygen atoms in total. The third-order valence-electron chi connectivity index (χ3n) is 5.32. The van der Waals surface area contributed by atoms with Crippen molar-refractivity contribution in [2.45, 2.75) is 32.4 Å². The molecule has 0 unspecified atom stereocenters. The maximum Gasteiger partial charge on any atom is 0.218 e. The minimum atomic E-state index is 0.356. The van der Waals surface area contributed by atoms with Gasteiger partial charge in [0.1, 0.15) is 24.3 Å². The van der Waals surface area contributed by atoms with E-state index in [0.29, 0.717) is 12.5 Å². The lowest BCUT2D eigenvalue weighted by atomic mass is 10.1. The Bertz CT molecular complexity index is 1320. The van der Waals surface area contributed by atoms with Crippen LogP contribution in [-0.4, -0.2) is 29.9 Å². The second kappa shape index (κ2) is 9.95. The monoisotopic (exact) mass is 440 g/mol. The van der Waals surface area contributed by atoms with Crippen LogP contribution >= 0.6 is 0 Å². The van der Waals surface area contributed by atoms with Crippen molar-refractivity contribution in [2.75, 3.05) is 0 Å². The zero-order valence-corrected chi connectivity index (χ0v) is 18.1. The molecule has 3 aromatic heterocycles. The second-order valence-electron chi connectivity index (χ2n) is 7.75. The third kappa shape index (κ3) is 5.54. The fourth-order valence-electron chi connectivity index (χ4n) is 3.55. The molecule has 0 radical (unpaired) electrons. The van der Waals surface area contributed by atoms with E-state index < -0.39 is 0 Å². The first-order valence-corrected chi connectivity index (χ1v) is 10.9. The van der Waals surface area contributed by atoms with Crippen LogP contribution in [0.25, 0.3) is 23.2 Å². The van der Waals surface area contributed by atoms with Gasteiger partial charge in [-0.05, 0) is 60.7 Å². The largest absolute Gasteiger partial charge is 0.487 e. The van der Waals surface area contributed by atoms with Crippen molar-refractivity contribution in [3.05, 3.63) is 90.2 Å². The Kier molecular flexibility index (Phi) is 6.24. The highest BCUT2D eigenvalue weighted by Gasteiger charge is 2.04. The van der Waals surface area contributed by atoms with Crippen LogP contribution in [-0.2, 0) is 19.6 Å². The average Bonchev–Trinajstić information content (AvgIpc) is 3.62. The molecule has 0 aliphatic rings. The Morgan fingerprint density at radius 3 is 2.88 bits per heavy atom. The van der Waals surface area contributed by atoms with Crippen molar-refractivity contribution in [2.24, 2.45) is 0 Å². The maximum atomic E-state index is 5.86. The summed E-state index contributed by atoms with van der Waals surface area (Å²) in [7, 11) is 0. The lowest BCUT2D eigenvalue weighted by Gasteiger charge is -2.06. The molecular formula is C25H24N6O2. The first-order valence-electron chi connectivity index (χ1n) is 10.9. The van der Waals surface area contributed by atoms with Gasteiger partial charge in [-0.1, -0.05) is 23.4 Å². The molecule has 0 saturated heterocycles. The molecule has 5 aromatic rings. The summed E-state index contributed by atoms with van der Waals surface area (Å²) in [6.45, 7) is 1.25. The molecule has 166 valence electrons. The van der Waals surface area contributed by atoms with Crippen LogP contribution in [0.3, 0.4) is 0 Å². The Balaban J connectivity index is 1.08. The summed E-state index contributed by atoms with van der Waals surface area (Å²) in [5.74, 6) is 1.36. The van der Waals surface area contributed by atoms with Crippen molar-refractivity contribution in [1.29, 1.82) is 0 Å². The summed E-state index contributed by atoms with van der Waals surface area (Å²) >= 11 is 0. The summed E-state index contributed by atoms with van der Waals surface area (Å²) in [6.07, 6.45) is 13.9. The Labute approximate surface area is 191 Å². The SMILES string of the molecule is C(=Cc1nc(COc2ccc(CCCCn3ccnn3)cc2)co1)c1ccc2nc[nH]c2c1. The van der Waals surface area contributed by atoms with Gasteiger partial charge in [-0.3, -0.25) is 4.68 Å². The molecule has 5 rings (SSSR count). The van der Waals surface area contributed by atoms with Crippen molar-refractivity contribution < 1.29 is 9.15 Å². The highest BCUT2D eigenvalue weighted by atomic mass is 16.5. The zero-order valence-electron chi connectivity index (χ0n) is 18.1. The molecule has 0 fully saturated rings. The number of rotatable bonds is 10. The summed E-state index contributed by atoms with van der Waals surface area (Å²) in [5.41, 5.74) is 5.02. The zero-order chi connectivity index (χ0) is 22.3. The molecule has 0 amide bonds. The molecule has 0 aliphatic heterocycles. The van der Waals surface area contributed by atoms with Gasteiger partial charge in [-0.25, -0.2) is 9.97 Å². The number of aromatic nitrogens is 6. The van der Waals surface area contributed by atoms with Gasteiger partial charge in [0.2, 0.25) is 5.89 Å². The summed E-state index contributed by atoms with van der Waals surface area (Å²) in [4.78, 5) is 11.8. The normalized spacial score (nSPS) is 11.5. The van der Waals surface area contributed by atoms with Gasteiger partial charge >= 0.3 is 0 Å². The van der Waals surface area contributed by atoms with Crippen LogP contribution in [0.4, 0.5) is 0 Å². The quantitative estimate of drug-likeness (QED) is 0.310. The number of nitrogens with zero attached hydrogens (tertiary/aromatic N) is 5. The minimum Gasteiger partial charge on any atom is -0.487 e. The third-order valence-corrected chi connectivity index (χ3v) is 5.32. The van der Waals surface area contributed by atoms with Crippen molar-refractivity contribution >= 4 is 23.2 Å². The molecule has 0 saturated carbocycles. The Morgan fingerprint density at radius 1 is 1.06 bits per heavy atom. The van der Waals surface area contributed by atoms with Crippen LogP contribution in [0.5, 0.6) is 5.75 Å². The topological polar surface area (TPSA) is 94.7 Å². The lowest BCUT2D eigenvalue weighted by Crippen LogP contribution is -1.99. The van der Waals surface area contributed by atoms with Gasteiger partial charge in [-0.2, -0.15) is 0 Å². The summed E-state index contributed by atoms with van der Waals surface area (Å²) in [5, 5.41) is 7.80. The predicted molar refractivity (Wildman–Crippen MR) is 125 cm³/mol. The lowest BCUT2D eigenvalue weighted by molar-refractivity contribution is 0.301. The smallest absolute Gasteiger partial charge is 0.218 e. The van der Waals surface area contributed by atoms with Crippen LogP contribution < -0.4 is 4.74 Å². The molecule has 33 heavy (non-hydrogen) atoms. The number of H-pyrrole nitrogens is 1. The molecule has 0 aliphatic carbocycles. The maximum absolute atomic E-state index is 5.86. The number of oxazole rings is 1. The number of benzene rings is 2. The van der Waals surface area contributed by atoms with E-state index in [1.54, 1.807) is 18.8 Å². The standard InChI is InChI=1S/C25H24N6O2/c1(2-13-31-14-12-28-30-31)3-19-4-8-22(9-5-19)32-16-21-17-33-25(29-21)11-7-20-6-10-23-24(15-20)27-18-26-23/h4-12,14-15,17-18H,1-3,13,16H2,(H,26,27). The molecule has 0 spiro atoms. The van der Waals surface area contributed by atoms with Crippen LogP contribution in [0.15, 0.2) is 71.9 Å². The number of hydrogen-bond acceptors (Lipinski definition) is 6. The molecule has 0 bridgehead atoms. The van der Waals surface area contributed by atoms with Crippen LogP contribution in [0, 0.1) is 0 Å². The van der Waals surface area contributed by atoms with E-state index in [0.717, 1.165) is 53.8 Å². The van der Waals surface area contributed by atoms with E-state index in [1.807, 2.05) is 53.4 Å². The van der Waals surface area contributed by atoms with Crippen molar-refractivity contribution in [1.82, 2.24) is 29.9 Å². The highest BCUT2D eigenvalue weighted by molar-refractivity contribution is 5.79. The molecule has 2 aromatic carbocycles. The fraction of sp³-hybridized carbons (Fsp3) is 0.200. The van der Waals surface area contributed by atoms with Gasteiger partial charge in [0.25, 0.3) is 0 Å². The number of fused-ring (bicyclic) bond motifs is 1. The minimum absolute atomic E-state index is 0.356. The number of aromatic amines is 1. The number of hydrogen-bond donors (Lipinski definition) is 1. The number of imidazole rings is 1. The second-order valence-corrected chi connectivity index (χ2v) is 7.75. The molecular weight excluding hydrogens is 416 g/mol. The van der Waals surface area contributed by atoms with E-state index >= 15 is 0 Å². The Hall–Kier alpha value is -4.20. The van der Waals surface area contributed by atoms with Gasteiger partial charge in [0, 0.05) is 18.8 Å². The fourth-order valence-corrected chi connectivity index (χ4v) is 3.55. The summed E-state index contributed by atoms with van der Waals surface area (Å²) in [6, 6.07) is 14.2. The molecule has 0 atom stereocenters. The van der Waals surface area contributed by atoms with Crippen LogP contribution in [0.2, 0.25) is 0 Å². The first kappa shape index (κ1) is 20.7. The van der Waals surface area contributed by atoms with E-state index in [1.165, 1.54) is 5.56 Å². The van der Waals surface area contributed by atoms with E-state index in [4.69, 9.17) is 9.15 Å². The molecule has 8 heteroatoms. The Morgan fingerprint density at radius 2 is 2.00 bits per heavy atom. The molecule has 3 heterocycles. The van der Waals surface area contributed by atoms with Gasteiger partial charge < -0.3 is 14.1 Å². The summed E-state index contributed by atoms with van der Waals surface area (Å²) < 4.78 is 13.3. The number of nitrogens with one attached hydrogen (secondary N) is 1. The molecule has 1 N–H and O–H groups in total. The van der Waals surface area contributed by atoms with E-state index in [2.05, 4.69) is 37.4 Å². The van der Waals surface area contributed by atoms with Crippen LogP contribution in [0.1, 0.15) is 35.6 Å². The number of ether oxygens (including phenoxy) is 1.